The maximum Gasteiger partial charge on any atom is 0.145 e. The van der Waals surface area contributed by atoms with E-state index in [4.69, 9.17) is 5.73 Å². The van der Waals surface area contributed by atoms with Crippen molar-refractivity contribution < 1.29 is 0 Å². The van der Waals surface area contributed by atoms with Crippen molar-refractivity contribution in [1.82, 2.24) is 19.6 Å². The van der Waals surface area contributed by atoms with E-state index in [1.165, 1.54) is 0 Å². The van der Waals surface area contributed by atoms with Crippen molar-refractivity contribution in [2.24, 2.45) is 7.05 Å². The number of hydrogen-bond acceptors (Lipinski definition) is 5. The summed E-state index contributed by atoms with van der Waals surface area (Å²) in [5, 5.41) is 18.0. The molecule has 0 saturated carbocycles. The van der Waals surface area contributed by atoms with Gasteiger partial charge in [0.05, 0.1) is 11.7 Å². The molecule has 1 aliphatic rings. The van der Waals surface area contributed by atoms with Crippen molar-refractivity contribution in [3.05, 3.63) is 23.5 Å². The molecule has 0 spiro atoms. The minimum absolute atomic E-state index is 0.374. The van der Waals surface area contributed by atoms with Crippen molar-refractivity contribution in [1.29, 1.82) is 5.26 Å². The lowest BCUT2D eigenvalue weighted by atomic mass is 10.0. The van der Waals surface area contributed by atoms with E-state index in [1.807, 2.05) is 30.9 Å². The van der Waals surface area contributed by atoms with E-state index in [0.717, 1.165) is 37.4 Å². The van der Waals surface area contributed by atoms with Gasteiger partial charge >= 0.3 is 0 Å². The quantitative estimate of drug-likeness (QED) is 0.896. The predicted molar refractivity (Wildman–Crippen MR) is 79.8 cm³/mol. The number of nitrogens with two attached hydrogens (primary N) is 1. The third kappa shape index (κ3) is 2.33. The SMILES string of the molecule is Cc1nn(C)c(N2CCC(n3ccc(N)n3)CC2)c1C#N. The number of nitrogens with zero attached hydrogens (tertiary/aromatic N) is 6. The lowest BCUT2D eigenvalue weighted by Crippen LogP contribution is -2.36. The minimum Gasteiger partial charge on any atom is -0.382 e. The van der Waals surface area contributed by atoms with E-state index in [9.17, 15) is 5.26 Å². The highest BCUT2D eigenvalue weighted by Gasteiger charge is 2.26. The smallest absolute Gasteiger partial charge is 0.145 e. The van der Waals surface area contributed by atoms with Crippen LogP contribution in [0.3, 0.4) is 0 Å². The first kappa shape index (κ1) is 13.5. The number of hydrogen-bond donors (Lipinski definition) is 1. The average Bonchev–Trinajstić information content (AvgIpc) is 3.02. The Bertz CT molecular complexity index is 683. The molecule has 7 nitrogen and oxygen atoms in total. The van der Waals surface area contributed by atoms with Crippen LogP contribution in [0, 0.1) is 18.3 Å². The molecule has 3 heterocycles. The summed E-state index contributed by atoms with van der Waals surface area (Å²) >= 11 is 0. The number of piperidine rings is 1. The third-order valence-electron chi connectivity index (χ3n) is 4.07. The normalized spacial score (nSPS) is 16.1. The highest BCUT2D eigenvalue weighted by Crippen LogP contribution is 2.29. The van der Waals surface area contributed by atoms with Crippen LogP contribution < -0.4 is 10.6 Å². The third-order valence-corrected chi connectivity index (χ3v) is 4.07. The van der Waals surface area contributed by atoms with Gasteiger partial charge in [0.1, 0.15) is 23.3 Å². The van der Waals surface area contributed by atoms with Crippen molar-refractivity contribution in [3.8, 4) is 6.07 Å². The number of nitriles is 1. The molecule has 0 unspecified atom stereocenters. The molecule has 0 atom stereocenters. The van der Waals surface area contributed by atoms with Crippen LogP contribution in [0.2, 0.25) is 0 Å². The molecule has 1 aliphatic heterocycles. The van der Waals surface area contributed by atoms with Gasteiger partial charge in [0, 0.05) is 26.3 Å². The summed E-state index contributed by atoms with van der Waals surface area (Å²) in [5.74, 6) is 1.49. The Morgan fingerprint density at radius 3 is 2.62 bits per heavy atom. The van der Waals surface area contributed by atoms with Crippen molar-refractivity contribution in [2.75, 3.05) is 23.7 Å². The second kappa shape index (κ2) is 5.13. The summed E-state index contributed by atoms with van der Waals surface area (Å²) in [7, 11) is 1.89. The Kier molecular flexibility index (Phi) is 3.29. The summed E-state index contributed by atoms with van der Waals surface area (Å²) in [6.07, 6.45) is 3.90. The first-order valence-corrected chi connectivity index (χ1v) is 7.09. The Morgan fingerprint density at radius 1 is 1.33 bits per heavy atom. The van der Waals surface area contributed by atoms with Crippen LogP contribution in [0.5, 0.6) is 0 Å². The van der Waals surface area contributed by atoms with Crippen LogP contribution >= 0.6 is 0 Å². The Balaban J connectivity index is 1.76. The van der Waals surface area contributed by atoms with Gasteiger partial charge in [0.15, 0.2) is 0 Å². The van der Waals surface area contributed by atoms with Gasteiger partial charge in [-0.05, 0) is 25.8 Å². The van der Waals surface area contributed by atoms with E-state index in [2.05, 4.69) is 21.2 Å². The molecule has 2 aromatic heterocycles. The van der Waals surface area contributed by atoms with Crippen LogP contribution in [0.1, 0.15) is 30.1 Å². The zero-order chi connectivity index (χ0) is 15.0. The first-order chi connectivity index (χ1) is 10.1. The molecule has 0 bridgehead atoms. The molecule has 0 amide bonds. The molecule has 7 heteroatoms. The van der Waals surface area contributed by atoms with Crippen molar-refractivity contribution in [3.63, 3.8) is 0 Å². The zero-order valence-corrected chi connectivity index (χ0v) is 12.3. The maximum atomic E-state index is 9.32. The molecular formula is C14H19N7. The molecule has 0 radical (unpaired) electrons. The summed E-state index contributed by atoms with van der Waals surface area (Å²) in [6, 6.07) is 4.47. The highest BCUT2D eigenvalue weighted by molar-refractivity contribution is 5.57. The summed E-state index contributed by atoms with van der Waals surface area (Å²) in [4.78, 5) is 2.24. The number of aromatic nitrogens is 4. The number of rotatable bonds is 2. The predicted octanol–water partition coefficient (Wildman–Crippen LogP) is 1.22. The highest BCUT2D eigenvalue weighted by atomic mass is 15.4. The van der Waals surface area contributed by atoms with Gasteiger partial charge in [-0.2, -0.15) is 15.5 Å². The molecule has 1 fully saturated rings. The van der Waals surface area contributed by atoms with E-state index < -0.39 is 0 Å². The zero-order valence-electron chi connectivity index (χ0n) is 12.3. The van der Waals surface area contributed by atoms with E-state index in [1.54, 1.807) is 4.68 Å². The van der Waals surface area contributed by atoms with E-state index in [0.29, 0.717) is 17.4 Å². The van der Waals surface area contributed by atoms with Crippen LogP contribution in [0.25, 0.3) is 0 Å². The van der Waals surface area contributed by atoms with Crippen molar-refractivity contribution in [2.45, 2.75) is 25.8 Å². The second-order valence-electron chi connectivity index (χ2n) is 5.46. The summed E-state index contributed by atoms with van der Waals surface area (Å²) < 4.78 is 3.76. The fourth-order valence-corrected chi connectivity index (χ4v) is 3.04. The van der Waals surface area contributed by atoms with Gasteiger partial charge in [-0.3, -0.25) is 9.36 Å². The van der Waals surface area contributed by atoms with Gasteiger partial charge in [-0.1, -0.05) is 0 Å². The van der Waals surface area contributed by atoms with Gasteiger partial charge in [-0.15, -0.1) is 0 Å². The molecule has 0 aromatic carbocycles. The van der Waals surface area contributed by atoms with Crippen LogP contribution in [0.15, 0.2) is 12.3 Å². The molecular weight excluding hydrogens is 266 g/mol. The first-order valence-electron chi connectivity index (χ1n) is 7.09. The molecule has 0 aliphatic carbocycles. The molecule has 2 aromatic rings. The monoisotopic (exact) mass is 285 g/mol. The van der Waals surface area contributed by atoms with Gasteiger partial charge in [-0.25, -0.2) is 0 Å². The Labute approximate surface area is 123 Å². The Hall–Kier alpha value is -2.49. The number of nitrogen functional groups attached to an aromatic ring is 1. The second-order valence-corrected chi connectivity index (χ2v) is 5.46. The van der Waals surface area contributed by atoms with Gasteiger partial charge in [0.25, 0.3) is 0 Å². The van der Waals surface area contributed by atoms with Gasteiger partial charge < -0.3 is 10.6 Å². The molecule has 110 valence electrons. The summed E-state index contributed by atoms with van der Waals surface area (Å²) in [6.45, 7) is 3.65. The lowest BCUT2D eigenvalue weighted by Gasteiger charge is -2.33. The summed E-state index contributed by atoms with van der Waals surface area (Å²) in [5.41, 5.74) is 7.14. The van der Waals surface area contributed by atoms with E-state index >= 15 is 0 Å². The Morgan fingerprint density at radius 2 is 2.05 bits per heavy atom. The standard InChI is InChI=1S/C14H19N7/c1-10-12(9-15)14(19(2)17-10)20-6-3-11(4-7-20)21-8-5-13(16)18-21/h5,8,11H,3-4,6-7H2,1-2H3,(H2,16,18). The fraction of sp³-hybridized carbons (Fsp3) is 0.500. The maximum absolute atomic E-state index is 9.32. The largest absolute Gasteiger partial charge is 0.382 e. The molecule has 2 N–H and O–H groups in total. The number of aryl methyl sites for hydroxylation is 2. The van der Waals surface area contributed by atoms with Crippen LogP contribution in [0.4, 0.5) is 11.6 Å². The fourth-order valence-electron chi connectivity index (χ4n) is 3.04. The van der Waals surface area contributed by atoms with Crippen LogP contribution in [-0.2, 0) is 7.05 Å². The average molecular weight is 285 g/mol. The molecule has 21 heavy (non-hydrogen) atoms. The topological polar surface area (TPSA) is 88.7 Å². The lowest BCUT2D eigenvalue weighted by molar-refractivity contribution is 0.365. The minimum atomic E-state index is 0.374. The van der Waals surface area contributed by atoms with Crippen LogP contribution in [-0.4, -0.2) is 32.7 Å². The molecule has 3 rings (SSSR count). The van der Waals surface area contributed by atoms with E-state index in [-0.39, 0.29) is 0 Å². The molecule has 1 saturated heterocycles. The van der Waals surface area contributed by atoms with Crippen molar-refractivity contribution >= 4 is 11.6 Å². The number of anilines is 2. The van der Waals surface area contributed by atoms with Gasteiger partial charge in [0.2, 0.25) is 0 Å².